The molecule has 0 aliphatic rings. The topological polar surface area (TPSA) is 77.4 Å². The maximum absolute atomic E-state index is 8.89. The van der Waals surface area contributed by atoms with Crippen LogP contribution in [0.5, 0.6) is 0 Å². The summed E-state index contributed by atoms with van der Waals surface area (Å²) < 4.78 is 1.72. The molecule has 1 N–H and O–H groups in total. The van der Waals surface area contributed by atoms with Crippen LogP contribution in [-0.2, 0) is 6.54 Å². The van der Waals surface area contributed by atoms with Gasteiger partial charge in [0.15, 0.2) is 11.4 Å². The average Bonchev–Trinajstić information content (AvgIpc) is 2.66. The van der Waals surface area contributed by atoms with Crippen molar-refractivity contribution in [2.45, 2.75) is 32.9 Å². The van der Waals surface area contributed by atoms with Crippen molar-refractivity contribution >= 4 is 0 Å². The van der Waals surface area contributed by atoms with E-state index in [9.17, 15) is 0 Å². The predicted octanol–water partition coefficient (Wildman–Crippen LogP) is 1.01. The van der Waals surface area contributed by atoms with Gasteiger partial charge >= 0.3 is 0 Å². The van der Waals surface area contributed by atoms with Crippen LogP contribution < -0.4 is 5.32 Å². The Kier molecular flexibility index (Phi) is 4.50. The number of hydrogen-bond donors (Lipinski definition) is 1. The van der Waals surface area contributed by atoms with E-state index >= 15 is 0 Å². The highest BCUT2D eigenvalue weighted by atomic mass is 15.1. The highest BCUT2D eigenvalue weighted by Crippen LogP contribution is 2.05. The second kappa shape index (κ2) is 5.89. The monoisotopic (exact) mass is 217 g/mol. The van der Waals surface area contributed by atoms with Gasteiger partial charge < -0.3 is 9.88 Å². The highest BCUT2D eigenvalue weighted by Gasteiger charge is 2.08. The van der Waals surface area contributed by atoms with Crippen LogP contribution in [0.25, 0.3) is 0 Å². The number of hydrogen-bond acceptors (Lipinski definition) is 4. The van der Waals surface area contributed by atoms with E-state index in [1.165, 1.54) is 0 Å². The molecule has 1 rings (SSSR count). The van der Waals surface area contributed by atoms with E-state index in [0.717, 1.165) is 13.0 Å². The van der Waals surface area contributed by atoms with Crippen molar-refractivity contribution < 1.29 is 0 Å². The van der Waals surface area contributed by atoms with Gasteiger partial charge in [-0.05, 0) is 13.0 Å². The summed E-state index contributed by atoms with van der Waals surface area (Å²) in [4.78, 5) is 3.88. The van der Waals surface area contributed by atoms with Crippen molar-refractivity contribution in [3.05, 3.63) is 17.7 Å². The Bertz CT molecular complexity index is 419. The van der Waals surface area contributed by atoms with Gasteiger partial charge in [0.25, 0.3) is 0 Å². The van der Waals surface area contributed by atoms with Gasteiger partial charge in [0.2, 0.25) is 0 Å². The Labute approximate surface area is 95.3 Å². The molecular weight excluding hydrogens is 202 g/mol. The van der Waals surface area contributed by atoms with Crippen molar-refractivity contribution in [3.63, 3.8) is 0 Å². The molecule has 1 aromatic rings. The van der Waals surface area contributed by atoms with Crippen LogP contribution in [-0.4, -0.2) is 22.1 Å². The van der Waals surface area contributed by atoms with E-state index in [4.69, 9.17) is 10.5 Å². The van der Waals surface area contributed by atoms with Crippen LogP contribution in [0, 0.1) is 22.7 Å². The van der Waals surface area contributed by atoms with Gasteiger partial charge in [-0.25, -0.2) is 4.98 Å². The van der Waals surface area contributed by atoms with Gasteiger partial charge in [-0.2, -0.15) is 10.5 Å². The summed E-state index contributed by atoms with van der Waals surface area (Å²) in [7, 11) is 0. The Hall–Kier alpha value is -1.85. The molecule has 5 nitrogen and oxygen atoms in total. The van der Waals surface area contributed by atoms with Gasteiger partial charge in [0.05, 0.1) is 6.33 Å². The lowest BCUT2D eigenvalue weighted by atomic mass is 10.3. The van der Waals surface area contributed by atoms with Gasteiger partial charge in [-0.3, -0.25) is 0 Å². The SMILES string of the molecule is CC(C)NCCCn1cnc(C#N)c1C#N. The molecule has 0 aromatic carbocycles. The van der Waals surface area contributed by atoms with Crippen molar-refractivity contribution in [1.29, 1.82) is 10.5 Å². The van der Waals surface area contributed by atoms with Crippen LogP contribution in [0.2, 0.25) is 0 Å². The first kappa shape index (κ1) is 12.2. The fourth-order valence-electron chi connectivity index (χ4n) is 1.39. The molecule has 1 aromatic heterocycles. The second-order valence-electron chi connectivity index (χ2n) is 3.82. The number of nitriles is 2. The van der Waals surface area contributed by atoms with E-state index in [1.807, 2.05) is 12.1 Å². The number of rotatable bonds is 5. The van der Waals surface area contributed by atoms with Crippen molar-refractivity contribution in [2.24, 2.45) is 0 Å². The van der Waals surface area contributed by atoms with Crippen LogP contribution in [0.4, 0.5) is 0 Å². The lowest BCUT2D eigenvalue weighted by molar-refractivity contribution is 0.534. The fraction of sp³-hybridized carbons (Fsp3) is 0.545. The van der Waals surface area contributed by atoms with Crippen LogP contribution in [0.3, 0.4) is 0 Å². The molecule has 0 bridgehead atoms. The summed E-state index contributed by atoms with van der Waals surface area (Å²) in [6.07, 6.45) is 2.46. The third-order valence-electron chi connectivity index (χ3n) is 2.18. The molecule has 0 amide bonds. The largest absolute Gasteiger partial charge is 0.321 e. The average molecular weight is 217 g/mol. The number of nitrogens with one attached hydrogen (secondary N) is 1. The minimum atomic E-state index is 0.208. The molecule has 16 heavy (non-hydrogen) atoms. The summed E-state index contributed by atoms with van der Waals surface area (Å²) in [5.74, 6) is 0. The van der Waals surface area contributed by atoms with Gasteiger partial charge in [-0.1, -0.05) is 13.8 Å². The van der Waals surface area contributed by atoms with Gasteiger partial charge in [-0.15, -0.1) is 0 Å². The predicted molar refractivity (Wildman–Crippen MR) is 59.4 cm³/mol. The molecule has 0 saturated heterocycles. The van der Waals surface area contributed by atoms with Crippen LogP contribution in [0.1, 0.15) is 31.7 Å². The van der Waals surface area contributed by atoms with Gasteiger partial charge in [0, 0.05) is 12.6 Å². The summed E-state index contributed by atoms with van der Waals surface area (Å²) in [6.45, 7) is 5.78. The summed E-state index contributed by atoms with van der Waals surface area (Å²) in [5.41, 5.74) is 0.561. The Morgan fingerprint density at radius 2 is 2.19 bits per heavy atom. The molecule has 0 unspecified atom stereocenters. The zero-order valence-corrected chi connectivity index (χ0v) is 9.56. The Balaban J connectivity index is 2.52. The molecule has 0 atom stereocenters. The number of nitrogens with zero attached hydrogens (tertiary/aromatic N) is 4. The normalized spacial score (nSPS) is 10.1. The molecule has 0 spiro atoms. The lowest BCUT2D eigenvalue weighted by Crippen LogP contribution is -2.24. The molecule has 1 heterocycles. The smallest absolute Gasteiger partial charge is 0.176 e. The molecular formula is C11H15N5. The van der Waals surface area contributed by atoms with Crippen molar-refractivity contribution in [3.8, 4) is 12.1 Å². The van der Waals surface area contributed by atoms with E-state index in [1.54, 1.807) is 10.9 Å². The molecule has 0 saturated carbocycles. The van der Waals surface area contributed by atoms with Crippen LogP contribution >= 0.6 is 0 Å². The number of aromatic nitrogens is 2. The quantitative estimate of drug-likeness (QED) is 0.747. The van der Waals surface area contributed by atoms with Gasteiger partial charge in [0.1, 0.15) is 12.1 Å². The lowest BCUT2D eigenvalue weighted by Gasteiger charge is -2.08. The van der Waals surface area contributed by atoms with E-state index < -0.39 is 0 Å². The minimum absolute atomic E-state index is 0.208. The fourth-order valence-corrected chi connectivity index (χ4v) is 1.39. The maximum Gasteiger partial charge on any atom is 0.176 e. The Morgan fingerprint density at radius 3 is 2.75 bits per heavy atom. The summed E-state index contributed by atoms with van der Waals surface area (Å²) in [6, 6.07) is 4.37. The first-order valence-corrected chi connectivity index (χ1v) is 5.27. The molecule has 0 aliphatic carbocycles. The minimum Gasteiger partial charge on any atom is -0.321 e. The third-order valence-corrected chi connectivity index (χ3v) is 2.18. The maximum atomic E-state index is 8.89. The van der Waals surface area contributed by atoms with Crippen LogP contribution in [0.15, 0.2) is 6.33 Å². The molecule has 0 fully saturated rings. The number of imidazole rings is 1. The summed E-state index contributed by atoms with van der Waals surface area (Å²) in [5, 5.41) is 20.9. The second-order valence-corrected chi connectivity index (χ2v) is 3.82. The molecule has 0 aliphatic heterocycles. The van der Waals surface area contributed by atoms with E-state index in [0.29, 0.717) is 18.3 Å². The van der Waals surface area contributed by atoms with E-state index in [2.05, 4.69) is 24.1 Å². The zero-order valence-electron chi connectivity index (χ0n) is 9.56. The molecule has 84 valence electrons. The van der Waals surface area contributed by atoms with Crippen molar-refractivity contribution in [2.75, 3.05) is 6.54 Å². The molecule has 5 heteroatoms. The first-order chi connectivity index (χ1) is 7.69. The third kappa shape index (κ3) is 3.08. The highest BCUT2D eigenvalue weighted by molar-refractivity contribution is 5.35. The number of aryl methyl sites for hydroxylation is 1. The van der Waals surface area contributed by atoms with E-state index in [-0.39, 0.29) is 5.69 Å². The summed E-state index contributed by atoms with van der Waals surface area (Å²) >= 11 is 0. The standard InChI is InChI=1S/C11H15N5/c1-9(2)14-4-3-5-16-8-15-10(6-12)11(16)7-13/h8-9,14H,3-5H2,1-2H3. The first-order valence-electron chi connectivity index (χ1n) is 5.27. The Morgan fingerprint density at radius 1 is 1.44 bits per heavy atom. The zero-order chi connectivity index (χ0) is 12.0. The van der Waals surface area contributed by atoms with Crippen molar-refractivity contribution in [1.82, 2.24) is 14.9 Å². The molecule has 0 radical (unpaired) electrons.